The topological polar surface area (TPSA) is 430 Å². The summed E-state index contributed by atoms with van der Waals surface area (Å²) in [6.07, 6.45) is -0.110. The molecule has 2 aliphatic heterocycles. The van der Waals surface area contributed by atoms with Crippen molar-refractivity contribution < 1.29 is 64.5 Å². The molecule has 456 valence electrons. The van der Waals surface area contributed by atoms with Gasteiger partial charge in [-0.1, -0.05) is 6.07 Å². The number of ether oxygens (including phenoxy) is 2. The predicted octanol–water partition coefficient (Wildman–Crippen LogP) is 4.76. The van der Waals surface area contributed by atoms with Crippen LogP contribution in [0.4, 0.5) is 23.3 Å². The summed E-state index contributed by atoms with van der Waals surface area (Å²) in [7, 11) is -10.4. The van der Waals surface area contributed by atoms with E-state index in [9.17, 15) is 55.0 Å². The van der Waals surface area contributed by atoms with Crippen LogP contribution in [-0.4, -0.2) is 112 Å². The van der Waals surface area contributed by atoms with Crippen LogP contribution in [0.25, 0.3) is 22.1 Å². The van der Waals surface area contributed by atoms with Crippen molar-refractivity contribution in [2.75, 3.05) is 35.2 Å². The smallest absolute Gasteiger partial charge is 0.340 e. The third-order valence-corrected chi connectivity index (χ3v) is 17.0. The fourth-order valence-corrected chi connectivity index (χ4v) is 12.7. The molecular weight excluding hydrogens is 1180 g/mol. The Hall–Kier alpha value is -10.2. The van der Waals surface area contributed by atoms with Crippen LogP contribution in [0.1, 0.15) is 119 Å². The van der Waals surface area contributed by atoms with Gasteiger partial charge in [-0.2, -0.15) is 27.0 Å². The van der Waals surface area contributed by atoms with Gasteiger partial charge in [-0.15, -0.1) is 0 Å². The molecule has 5 aromatic carbocycles. The van der Waals surface area contributed by atoms with E-state index in [4.69, 9.17) is 36.6 Å². The average Bonchev–Trinajstić information content (AvgIpc) is 1.37. The van der Waals surface area contributed by atoms with Gasteiger partial charge in [-0.3, -0.25) is 43.0 Å². The highest BCUT2D eigenvalue weighted by atomic mass is 32.2. The van der Waals surface area contributed by atoms with Crippen molar-refractivity contribution in [3.8, 4) is 11.5 Å². The van der Waals surface area contributed by atoms with Crippen molar-refractivity contribution in [3.63, 3.8) is 0 Å². The van der Waals surface area contributed by atoms with Crippen LogP contribution < -0.4 is 43.2 Å². The van der Waals surface area contributed by atoms with Gasteiger partial charge in [0.2, 0.25) is 17.8 Å². The van der Waals surface area contributed by atoms with Crippen molar-refractivity contribution in [1.29, 1.82) is 0 Å². The van der Waals surface area contributed by atoms with E-state index in [1.807, 2.05) is 29.9 Å². The number of aliphatic hydroxyl groups excluding tert-OH is 1. The Kier molecular flexibility index (Phi) is 15.3. The summed E-state index contributed by atoms with van der Waals surface area (Å²) in [4.78, 5) is 74.8. The van der Waals surface area contributed by atoms with E-state index in [0.717, 1.165) is 17.8 Å². The summed E-state index contributed by atoms with van der Waals surface area (Å²) < 4.78 is 90.3. The second-order valence-corrected chi connectivity index (χ2v) is 23.5. The van der Waals surface area contributed by atoms with Crippen molar-refractivity contribution in [1.82, 2.24) is 49.3 Å². The number of benzene rings is 5. The monoisotopic (exact) mass is 1240 g/mol. The zero-order chi connectivity index (χ0) is 62.9. The Bertz CT molecular complexity index is 4580. The molecule has 9 aromatic rings. The highest BCUT2D eigenvalue weighted by Crippen LogP contribution is 2.60. The number of aromatic nitrogens is 8. The lowest BCUT2D eigenvalue weighted by atomic mass is 9.77. The van der Waals surface area contributed by atoms with Gasteiger partial charge in [0.05, 0.1) is 56.1 Å². The van der Waals surface area contributed by atoms with Gasteiger partial charge >= 0.3 is 5.97 Å². The normalized spacial score (nSPS) is 13.6. The minimum atomic E-state index is -5.22. The second kappa shape index (κ2) is 22.6. The zero-order valence-corrected chi connectivity index (χ0v) is 49.0. The van der Waals surface area contributed by atoms with Crippen molar-refractivity contribution in [2.24, 2.45) is 5.73 Å². The third-order valence-electron chi connectivity index (χ3n) is 15.1. The van der Waals surface area contributed by atoms with E-state index in [2.05, 4.69) is 31.5 Å². The fourth-order valence-electron chi connectivity index (χ4n) is 11.2. The zero-order valence-electron chi connectivity index (χ0n) is 47.4. The van der Waals surface area contributed by atoms with Gasteiger partial charge in [-0.05, 0) is 125 Å². The first-order valence-electron chi connectivity index (χ1n) is 27.4. The summed E-state index contributed by atoms with van der Waals surface area (Å²) >= 11 is 0. The predicted molar refractivity (Wildman–Crippen MR) is 317 cm³/mol. The molecule has 0 fully saturated rings. The number of nitrogens with zero attached hydrogens (tertiary/aromatic N) is 8. The average molecular weight is 1240 g/mol. The third kappa shape index (κ3) is 10.6. The van der Waals surface area contributed by atoms with E-state index in [0.29, 0.717) is 84.1 Å². The Morgan fingerprint density at radius 2 is 1.15 bits per heavy atom. The summed E-state index contributed by atoms with van der Waals surface area (Å²) in [5, 5.41) is 31.8. The maximum atomic E-state index is 13.9. The van der Waals surface area contributed by atoms with Crippen molar-refractivity contribution in [3.05, 3.63) is 153 Å². The molecule has 1 atom stereocenters. The van der Waals surface area contributed by atoms with Gasteiger partial charge in [0.25, 0.3) is 38.0 Å². The Morgan fingerprint density at radius 1 is 0.648 bits per heavy atom. The fraction of sp³-hybridized carbons (Fsp3) is 0.246. The number of nitrogens with one attached hydrogen (secondary N) is 4. The van der Waals surface area contributed by atoms with Crippen LogP contribution in [0.5, 0.6) is 11.5 Å². The summed E-state index contributed by atoms with van der Waals surface area (Å²) in [5.74, 6) is -4.27. The molecule has 1 spiro atoms. The van der Waals surface area contributed by atoms with Gasteiger partial charge in [0.15, 0.2) is 33.1 Å². The van der Waals surface area contributed by atoms with E-state index < -0.39 is 94.3 Å². The number of carbonyl (C=O) groups is 5. The quantitative estimate of drug-likeness (QED) is 0.0162. The van der Waals surface area contributed by atoms with Gasteiger partial charge < -0.3 is 56.9 Å². The summed E-state index contributed by atoms with van der Waals surface area (Å²) in [5.41, 5.74) is 18.4. The molecule has 0 aliphatic carbocycles. The number of fused-ring (bicyclic) bond motifs is 8. The summed E-state index contributed by atoms with van der Waals surface area (Å²) in [6.45, 7) is 8.87. The maximum Gasteiger partial charge on any atom is 0.340 e. The molecule has 29 nitrogen and oxygen atoms in total. The highest BCUT2D eigenvalue weighted by molar-refractivity contribution is 7.86. The standard InChI is InChI=1S/C57H57N15O14S2/c1-5-71-43(23-28(3)67-71)52(76)65-55-63-39-26-30(49(60)73)10-17-41(39)69(55)21-7-8-22-70-42-18-11-32(27-40(42)64-56(70)66-53(77)44-24-29(4)68-72(44)6-2)51(75)62-20-19-61-50(74)31-9-12-34-33(25-31)54(78)86-57(34)35-13-15-37(58)47(87(79,80)81)45(35)85-46-36(57)14-16-38(59)48(46)88(82,83)84/h9-18,23-27,52,76H,5-8,19-22,58-59H2,1-4H3,(H2,60,73)(H,61,74)(H,62,75)(H,63,65)(H,64,66,77)(H,79,80,81)(H,82,83,84). The van der Waals surface area contributed by atoms with Gasteiger partial charge in [0, 0.05) is 72.6 Å². The highest BCUT2D eigenvalue weighted by Gasteiger charge is 2.56. The number of hydrogen-bond donors (Lipinski definition) is 10. The number of esters is 1. The molecule has 0 saturated heterocycles. The minimum Gasteiger partial charge on any atom is -0.453 e. The van der Waals surface area contributed by atoms with E-state index in [1.165, 1.54) is 30.3 Å². The molecule has 0 saturated carbocycles. The van der Waals surface area contributed by atoms with E-state index >= 15 is 0 Å². The first-order valence-corrected chi connectivity index (χ1v) is 30.3. The van der Waals surface area contributed by atoms with E-state index in [-0.39, 0.29) is 58.0 Å². The lowest BCUT2D eigenvalue weighted by molar-refractivity contribution is 0.0220. The number of primary amides is 1. The van der Waals surface area contributed by atoms with Gasteiger partial charge in [0.1, 0.15) is 5.69 Å². The first kappa shape index (κ1) is 59.5. The van der Waals surface area contributed by atoms with Crippen LogP contribution in [0.3, 0.4) is 0 Å². The molecule has 4 amide bonds. The molecule has 4 aromatic heterocycles. The number of rotatable bonds is 20. The number of nitrogens with two attached hydrogens (primary N) is 3. The molecule has 6 heterocycles. The number of amides is 4. The SMILES string of the molecule is CCn1nc(C)cc1C(=O)Nc1nc2cc(C(=O)NCCNC(=O)c3ccc4c(c3)C(=O)OC43c4ccc(N)c(S(=O)(=O)O)c4Oc4c3ccc(N)c4S(=O)(=O)O)ccc2n1CCCCn1c(NC(O)c2cc(C)nn2CC)nc2cc(C(N)=O)ccc21. The first-order chi connectivity index (χ1) is 41.8. The molecule has 0 radical (unpaired) electrons. The molecule has 11 rings (SSSR count). The number of imidazole rings is 2. The number of aryl methyl sites for hydroxylation is 6. The molecular formula is C57H57N15O14S2. The lowest BCUT2D eigenvalue weighted by Crippen LogP contribution is -2.35. The summed E-state index contributed by atoms with van der Waals surface area (Å²) in [6, 6.07) is 21.7. The Balaban J connectivity index is 0.804. The maximum absolute atomic E-state index is 13.9. The number of aliphatic hydroxyl groups is 1. The van der Waals surface area contributed by atoms with Crippen LogP contribution in [-0.2, 0) is 56.8 Å². The van der Waals surface area contributed by atoms with Gasteiger partial charge in [-0.25, -0.2) is 14.8 Å². The molecule has 2 aliphatic rings. The molecule has 13 N–H and O–H groups in total. The largest absolute Gasteiger partial charge is 0.453 e. The molecule has 1 unspecified atom stereocenters. The van der Waals surface area contributed by atoms with Crippen molar-refractivity contribution in [2.45, 2.75) is 88.3 Å². The van der Waals surface area contributed by atoms with Crippen LogP contribution in [0.2, 0.25) is 0 Å². The van der Waals surface area contributed by atoms with Crippen LogP contribution >= 0.6 is 0 Å². The molecule has 31 heteroatoms. The van der Waals surface area contributed by atoms with Crippen LogP contribution in [0.15, 0.2) is 101 Å². The Labute approximate surface area is 500 Å². The minimum absolute atomic E-state index is 0.0186. The van der Waals surface area contributed by atoms with E-state index in [1.54, 1.807) is 64.8 Å². The number of hydrogen-bond acceptors (Lipinski definition) is 19. The molecule has 88 heavy (non-hydrogen) atoms. The lowest BCUT2D eigenvalue weighted by Gasteiger charge is -2.37. The number of unbranched alkanes of at least 4 members (excludes halogenated alkanes) is 1. The number of carbonyl (C=O) groups excluding carboxylic acids is 5. The molecule has 0 bridgehead atoms. The van der Waals surface area contributed by atoms with Crippen molar-refractivity contribution >= 4 is 95.2 Å². The Morgan fingerprint density at radius 3 is 1.72 bits per heavy atom. The second-order valence-electron chi connectivity index (χ2n) is 20.8. The van der Waals surface area contributed by atoms with Crippen LogP contribution in [0, 0.1) is 13.8 Å². The number of anilines is 4. The number of nitrogen functional groups attached to an aromatic ring is 2.